The molecule has 3 aromatic rings. The van der Waals surface area contributed by atoms with E-state index in [9.17, 15) is 4.79 Å². The van der Waals surface area contributed by atoms with E-state index in [0.29, 0.717) is 11.7 Å². The molecule has 2 aromatic heterocycles. The van der Waals surface area contributed by atoms with Gasteiger partial charge in [-0.1, -0.05) is 23.9 Å². The number of thiazole rings is 1. The summed E-state index contributed by atoms with van der Waals surface area (Å²) in [6.45, 7) is 7.69. The van der Waals surface area contributed by atoms with E-state index in [4.69, 9.17) is 0 Å². The SMILES string of the molecule is Cc1ccc(C)c(-n2c(C)nnc2SCC(=O)N2CCCC(c3nccs3)C2)c1. The molecule has 0 bridgehead atoms. The Morgan fingerprint density at radius 3 is 2.93 bits per heavy atom. The monoisotopic (exact) mass is 427 g/mol. The highest BCUT2D eigenvalue weighted by Gasteiger charge is 2.26. The van der Waals surface area contributed by atoms with Gasteiger partial charge in [0.2, 0.25) is 5.91 Å². The van der Waals surface area contributed by atoms with Crippen LogP contribution in [0.25, 0.3) is 5.69 Å². The maximum atomic E-state index is 12.9. The van der Waals surface area contributed by atoms with Gasteiger partial charge in [0, 0.05) is 30.6 Å². The van der Waals surface area contributed by atoms with E-state index in [1.807, 2.05) is 23.4 Å². The smallest absolute Gasteiger partial charge is 0.233 e. The average molecular weight is 428 g/mol. The molecule has 152 valence electrons. The minimum atomic E-state index is 0.157. The highest BCUT2D eigenvalue weighted by Crippen LogP contribution is 2.29. The lowest BCUT2D eigenvalue weighted by Gasteiger charge is -2.31. The number of carbonyl (C=O) groups is 1. The van der Waals surface area contributed by atoms with Crippen LogP contribution in [-0.2, 0) is 4.79 Å². The summed E-state index contributed by atoms with van der Waals surface area (Å²) < 4.78 is 2.05. The molecule has 1 aromatic carbocycles. The van der Waals surface area contributed by atoms with Gasteiger partial charge in [-0.05, 0) is 50.8 Å². The largest absolute Gasteiger partial charge is 0.341 e. The summed E-state index contributed by atoms with van der Waals surface area (Å²) >= 11 is 3.15. The summed E-state index contributed by atoms with van der Waals surface area (Å²) in [5, 5.41) is 12.5. The first-order valence-corrected chi connectivity index (χ1v) is 11.7. The van der Waals surface area contributed by atoms with E-state index in [-0.39, 0.29) is 5.91 Å². The van der Waals surface area contributed by atoms with Crippen molar-refractivity contribution in [3.8, 4) is 5.69 Å². The van der Waals surface area contributed by atoms with E-state index in [1.165, 1.54) is 17.3 Å². The number of rotatable bonds is 5. The molecular formula is C21H25N5OS2. The lowest BCUT2D eigenvalue weighted by Crippen LogP contribution is -2.40. The molecule has 0 spiro atoms. The van der Waals surface area contributed by atoms with Crippen molar-refractivity contribution in [1.82, 2.24) is 24.6 Å². The van der Waals surface area contributed by atoms with Gasteiger partial charge in [-0.25, -0.2) is 4.98 Å². The van der Waals surface area contributed by atoms with E-state index >= 15 is 0 Å². The molecule has 0 N–H and O–H groups in total. The summed E-state index contributed by atoms with van der Waals surface area (Å²) in [4.78, 5) is 19.3. The number of aromatic nitrogens is 4. The number of hydrogen-bond acceptors (Lipinski definition) is 6. The molecule has 29 heavy (non-hydrogen) atoms. The first-order chi connectivity index (χ1) is 14.0. The van der Waals surface area contributed by atoms with Crippen molar-refractivity contribution >= 4 is 29.0 Å². The van der Waals surface area contributed by atoms with Gasteiger partial charge in [0.25, 0.3) is 0 Å². The number of thioether (sulfide) groups is 1. The summed E-state index contributed by atoms with van der Waals surface area (Å²) in [6.07, 6.45) is 3.97. The Hall–Kier alpha value is -2.19. The molecule has 1 unspecified atom stereocenters. The lowest BCUT2D eigenvalue weighted by molar-refractivity contribution is -0.129. The molecule has 8 heteroatoms. The van der Waals surface area contributed by atoms with Crippen molar-refractivity contribution < 1.29 is 4.79 Å². The molecule has 1 amide bonds. The number of likely N-dealkylation sites (tertiary alicyclic amines) is 1. The third kappa shape index (κ3) is 4.38. The zero-order valence-electron chi connectivity index (χ0n) is 17.0. The topological polar surface area (TPSA) is 63.9 Å². The van der Waals surface area contributed by atoms with Crippen molar-refractivity contribution in [2.24, 2.45) is 0 Å². The molecule has 0 saturated carbocycles. The minimum Gasteiger partial charge on any atom is -0.341 e. The highest BCUT2D eigenvalue weighted by atomic mass is 32.2. The standard InChI is InChI=1S/C21H25N5OS2/c1-14-6-7-15(2)18(11-14)26-16(3)23-24-21(26)29-13-19(27)25-9-4-5-17(12-25)20-22-8-10-28-20/h6-8,10-11,17H,4-5,9,12-13H2,1-3H3. The van der Waals surface area contributed by atoms with Gasteiger partial charge in [0.15, 0.2) is 5.16 Å². The van der Waals surface area contributed by atoms with Crippen LogP contribution in [0.3, 0.4) is 0 Å². The van der Waals surface area contributed by atoms with Gasteiger partial charge in [0.1, 0.15) is 5.82 Å². The molecule has 0 aliphatic carbocycles. The predicted octanol–water partition coefficient (Wildman–Crippen LogP) is 4.15. The summed E-state index contributed by atoms with van der Waals surface area (Å²) in [6, 6.07) is 6.35. The fourth-order valence-corrected chi connectivity index (χ4v) is 5.39. The van der Waals surface area contributed by atoms with E-state index in [1.54, 1.807) is 11.3 Å². The van der Waals surface area contributed by atoms with Crippen LogP contribution in [0.2, 0.25) is 0 Å². The third-order valence-electron chi connectivity index (χ3n) is 5.30. The van der Waals surface area contributed by atoms with Crippen LogP contribution in [0.5, 0.6) is 0 Å². The third-order valence-corrected chi connectivity index (χ3v) is 7.15. The number of carbonyl (C=O) groups excluding carboxylic acids is 1. The van der Waals surface area contributed by atoms with Crippen LogP contribution in [-0.4, -0.2) is 49.4 Å². The van der Waals surface area contributed by atoms with E-state index < -0.39 is 0 Å². The van der Waals surface area contributed by atoms with Crippen LogP contribution in [0.15, 0.2) is 34.9 Å². The molecule has 0 radical (unpaired) electrons. The van der Waals surface area contributed by atoms with Crippen molar-refractivity contribution in [3.05, 3.63) is 51.7 Å². The molecule has 6 nitrogen and oxygen atoms in total. The first-order valence-electron chi connectivity index (χ1n) is 9.82. The van der Waals surface area contributed by atoms with Crippen molar-refractivity contribution in [2.45, 2.75) is 44.7 Å². The van der Waals surface area contributed by atoms with Crippen LogP contribution in [0.4, 0.5) is 0 Å². The van der Waals surface area contributed by atoms with Gasteiger partial charge in [0.05, 0.1) is 16.4 Å². The Labute approximate surface area is 179 Å². The Kier molecular flexibility index (Phi) is 6.01. The Morgan fingerprint density at radius 2 is 2.14 bits per heavy atom. The van der Waals surface area contributed by atoms with Gasteiger partial charge in [-0.3, -0.25) is 9.36 Å². The van der Waals surface area contributed by atoms with E-state index in [0.717, 1.165) is 53.2 Å². The molecule has 4 rings (SSSR count). The number of amides is 1. The van der Waals surface area contributed by atoms with Crippen molar-refractivity contribution in [2.75, 3.05) is 18.8 Å². The number of benzene rings is 1. The van der Waals surface area contributed by atoms with Crippen LogP contribution >= 0.6 is 23.1 Å². The van der Waals surface area contributed by atoms with Crippen LogP contribution < -0.4 is 0 Å². The summed E-state index contributed by atoms with van der Waals surface area (Å²) in [5.74, 6) is 1.71. The zero-order valence-corrected chi connectivity index (χ0v) is 18.6. The van der Waals surface area contributed by atoms with E-state index in [2.05, 4.69) is 51.8 Å². The fourth-order valence-electron chi connectivity index (χ4n) is 3.73. The lowest BCUT2D eigenvalue weighted by atomic mass is 9.99. The van der Waals surface area contributed by atoms with Crippen LogP contribution in [0.1, 0.15) is 40.7 Å². The zero-order chi connectivity index (χ0) is 20.4. The molecule has 1 aliphatic rings. The number of hydrogen-bond donors (Lipinski definition) is 0. The number of piperidine rings is 1. The Morgan fingerprint density at radius 1 is 1.28 bits per heavy atom. The summed E-state index contributed by atoms with van der Waals surface area (Å²) in [5.41, 5.74) is 3.42. The molecule has 1 atom stereocenters. The Bertz CT molecular complexity index is 999. The second kappa shape index (κ2) is 8.67. The molecule has 3 heterocycles. The number of nitrogens with zero attached hydrogens (tertiary/aromatic N) is 5. The van der Waals surface area contributed by atoms with Gasteiger partial charge in [-0.2, -0.15) is 0 Å². The summed E-state index contributed by atoms with van der Waals surface area (Å²) in [7, 11) is 0. The average Bonchev–Trinajstić information content (AvgIpc) is 3.38. The number of aryl methyl sites for hydroxylation is 3. The van der Waals surface area contributed by atoms with Crippen molar-refractivity contribution in [3.63, 3.8) is 0 Å². The van der Waals surface area contributed by atoms with Crippen LogP contribution in [0, 0.1) is 20.8 Å². The molecule has 1 saturated heterocycles. The second-order valence-electron chi connectivity index (χ2n) is 7.49. The van der Waals surface area contributed by atoms with Gasteiger partial charge < -0.3 is 4.90 Å². The highest BCUT2D eigenvalue weighted by molar-refractivity contribution is 7.99. The normalized spacial score (nSPS) is 16.9. The van der Waals surface area contributed by atoms with Gasteiger partial charge in [-0.15, -0.1) is 21.5 Å². The first kappa shape index (κ1) is 20.1. The van der Waals surface area contributed by atoms with Crippen molar-refractivity contribution in [1.29, 1.82) is 0 Å². The molecule has 1 aliphatic heterocycles. The van der Waals surface area contributed by atoms with Gasteiger partial charge >= 0.3 is 0 Å². The maximum Gasteiger partial charge on any atom is 0.233 e. The Balaban J connectivity index is 1.46. The maximum absolute atomic E-state index is 12.9. The molecule has 1 fully saturated rings. The molecular weight excluding hydrogens is 402 g/mol. The quantitative estimate of drug-likeness (QED) is 0.573. The fraction of sp³-hybridized carbons (Fsp3) is 0.429. The minimum absolute atomic E-state index is 0.157. The second-order valence-corrected chi connectivity index (χ2v) is 9.36. The predicted molar refractivity (Wildman–Crippen MR) is 117 cm³/mol.